The van der Waals surface area contributed by atoms with Gasteiger partial charge in [-0.1, -0.05) is 23.9 Å². The first-order valence-electron chi connectivity index (χ1n) is 5.50. The first-order valence-corrected chi connectivity index (χ1v) is 6.32. The Labute approximate surface area is 114 Å². The quantitative estimate of drug-likeness (QED) is 0.929. The van der Waals surface area contributed by atoms with Crippen LogP contribution < -0.4 is 10.1 Å². The Morgan fingerprint density at radius 2 is 1.95 bits per heavy atom. The Hall–Kier alpha value is -1.82. The average Bonchev–Trinajstić information content (AvgIpc) is 2.42. The van der Waals surface area contributed by atoms with Crippen LogP contribution in [-0.2, 0) is 0 Å². The van der Waals surface area contributed by atoms with Gasteiger partial charge in [0, 0.05) is 13.1 Å². The molecule has 0 aliphatic carbocycles. The normalized spacial score (nSPS) is 10.3. The molecule has 0 fully saturated rings. The zero-order valence-corrected chi connectivity index (χ0v) is 11.2. The van der Waals surface area contributed by atoms with Crippen molar-refractivity contribution < 1.29 is 13.5 Å². The molecule has 0 bridgehead atoms. The van der Waals surface area contributed by atoms with Crippen LogP contribution in [0.2, 0.25) is 0 Å². The number of para-hydroxylation sites is 1. The van der Waals surface area contributed by atoms with Crippen molar-refractivity contribution in [1.82, 2.24) is 4.98 Å². The number of hydrogen-bond acceptors (Lipinski definition) is 4. The van der Waals surface area contributed by atoms with Gasteiger partial charge in [0.1, 0.15) is 10.8 Å². The monoisotopic (exact) mass is 282 g/mol. The third-order valence-electron chi connectivity index (χ3n) is 2.41. The van der Waals surface area contributed by atoms with Crippen molar-refractivity contribution in [3.05, 3.63) is 42.0 Å². The van der Waals surface area contributed by atoms with Gasteiger partial charge in [0.15, 0.2) is 17.5 Å². The summed E-state index contributed by atoms with van der Waals surface area (Å²) in [6.07, 6.45) is 0. The van der Waals surface area contributed by atoms with Gasteiger partial charge in [0.05, 0.1) is 12.0 Å². The molecule has 1 heterocycles. The summed E-state index contributed by atoms with van der Waals surface area (Å²) in [5.74, 6) is -0.792. The average molecular weight is 282 g/mol. The Kier molecular flexibility index (Phi) is 4.21. The number of ether oxygens (including phenoxy) is 1. The van der Waals surface area contributed by atoms with Crippen LogP contribution in [0.1, 0.15) is 0 Å². The summed E-state index contributed by atoms with van der Waals surface area (Å²) in [6.45, 7) is 0. The van der Waals surface area contributed by atoms with Crippen LogP contribution in [0.15, 0.2) is 40.3 Å². The van der Waals surface area contributed by atoms with Crippen LogP contribution in [-0.4, -0.2) is 19.1 Å². The van der Waals surface area contributed by atoms with Crippen molar-refractivity contribution in [2.45, 2.75) is 9.92 Å². The molecule has 3 nitrogen and oxygen atoms in total. The highest BCUT2D eigenvalue weighted by atomic mass is 32.2. The van der Waals surface area contributed by atoms with E-state index in [-0.39, 0.29) is 10.8 Å². The number of methoxy groups -OCH3 is 1. The van der Waals surface area contributed by atoms with Crippen molar-refractivity contribution in [3.63, 3.8) is 0 Å². The number of pyridine rings is 1. The van der Waals surface area contributed by atoms with Gasteiger partial charge < -0.3 is 10.1 Å². The van der Waals surface area contributed by atoms with Gasteiger partial charge in [-0.05, 0) is 12.1 Å². The molecule has 1 N–H and O–H groups in total. The van der Waals surface area contributed by atoms with Crippen LogP contribution in [0.4, 0.5) is 14.6 Å². The molecular formula is C13H12F2N2OS. The highest BCUT2D eigenvalue weighted by Crippen LogP contribution is 2.35. The minimum Gasteiger partial charge on any atom is -0.496 e. The molecule has 0 unspecified atom stereocenters. The van der Waals surface area contributed by atoms with Gasteiger partial charge in [-0.3, -0.25) is 0 Å². The lowest BCUT2D eigenvalue weighted by Crippen LogP contribution is -2.00. The van der Waals surface area contributed by atoms with E-state index in [1.165, 1.54) is 14.2 Å². The molecule has 0 atom stereocenters. The molecule has 19 heavy (non-hydrogen) atoms. The predicted octanol–water partition coefficient (Wildman–Crippen LogP) is 3.56. The van der Waals surface area contributed by atoms with Crippen LogP contribution in [0.25, 0.3) is 0 Å². The van der Waals surface area contributed by atoms with Gasteiger partial charge in [0.25, 0.3) is 0 Å². The molecule has 0 saturated heterocycles. The molecule has 0 aliphatic rings. The van der Waals surface area contributed by atoms with Crippen molar-refractivity contribution >= 4 is 17.6 Å². The van der Waals surface area contributed by atoms with Crippen molar-refractivity contribution in [2.24, 2.45) is 0 Å². The Morgan fingerprint density at radius 1 is 1.21 bits per heavy atom. The molecule has 100 valence electrons. The first-order chi connectivity index (χ1) is 9.15. The van der Waals surface area contributed by atoms with Crippen molar-refractivity contribution in [1.29, 1.82) is 0 Å². The van der Waals surface area contributed by atoms with Gasteiger partial charge in [-0.2, -0.15) is 0 Å². The fourth-order valence-corrected chi connectivity index (χ4v) is 2.40. The molecular weight excluding hydrogens is 270 g/mol. The van der Waals surface area contributed by atoms with E-state index in [9.17, 15) is 8.78 Å². The van der Waals surface area contributed by atoms with E-state index >= 15 is 0 Å². The molecule has 0 saturated carbocycles. The minimum absolute atomic E-state index is 0.0128. The number of aromatic nitrogens is 1. The summed E-state index contributed by atoms with van der Waals surface area (Å²) < 4.78 is 32.2. The van der Waals surface area contributed by atoms with E-state index in [0.717, 1.165) is 17.8 Å². The maximum Gasteiger partial charge on any atom is 0.168 e. The molecule has 0 aliphatic heterocycles. The SMILES string of the molecule is CNc1nc(Sc2ccccc2OC)c(F)cc1F. The second kappa shape index (κ2) is 5.88. The summed E-state index contributed by atoms with van der Waals surface area (Å²) in [6, 6.07) is 7.99. The van der Waals surface area contributed by atoms with Gasteiger partial charge in [0.2, 0.25) is 0 Å². The fraction of sp³-hybridized carbons (Fsp3) is 0.154. The minimum atomic E-state index is -0.718. The fourth-order valence-electron chi connectivity index (χ4n) is 1.50. The lowest BCUT2D eigenvalue weighted by Gasteiger charge is -2.09. The Morgan fingerprint density at radius 3 is 2.63 bits per heavy atom. The van der Waals surface area contributed by atoms with Crippen LogP contribution in [0, 0.1) is 11.6 Å². The molecule has 1 aromatic heterocycles. The van der Waals surface area contributed by atoms with Crippen molar-refractivity contribution in [2.75, 3.05) is 19.5 Å². The summed E-state index contributed by atoms with van der Waals surface area (Å²) in [5, 5.41) is 2.67. The molecule has 0 spiro atoms. The molecule has 6 heteroatoms. The highest BCUT2D eigenvalue weighted by Gasteiger charge is 2.14. The van der Waals surface area contributed by atoms with Crippen molar-refractivity contribution in [3.8, 4) is 5.75 Å². The number of benzene rings is 1. The molecule has 2 aromatic rings. The third-order valence-corrected chi connectivity index (χ3v) is 3.45. The molecule has 0 radical (unpaired) electrons. The number of anilines is 1. The number of nitrogens with one attached hydrogen (secondary N) is 1. The summed E-state index contributed by atoms with van der Waals surface area (Å²) in [7, 11) is 3.06. The highest BCUT2D eigenvalue weighted by molar-refractivity contribution is 7.99. The zero-order chi connectivity index (χ0) is 13.8. The smallest absolute Gasteiger partial charge is 0.168 e. The topological polar surface area (TPSA) is 34.2 Å². The van der Waals surface area contributed by atoms with E-state index in [1.54, 1.807) is 12.1 Å². The van der Waals surface area contributed by atoms with Crippen LogP contribution >= 0.6 is 11.8 Å². The first kappa shape index (κ1) is 13.6. The number of hydrogen-bond donors (Lipinski definition) is 1. The molecule has 0 amide bonds. The maximum absolute atomic E-state index is 13.7. The standard InChI is InChI=1S/C13H12F2N2OS/c1-16-12-8(14)7-9(15)13(17-12)19-11-6-4-3-5-10(11)18-2/h3-7H,1-2H3,(H,16,17). The van der Waals surface area contributed by atoms with Crippen LogP contribution in [0.5, 0.6) is 5.75 Å². The second-order valence-electron chi connectivity index (χ2n) is 3.61. The zero-order valence-electron chi connectivity index (χ0n) is 10.4. The Bertz CT molecular complexity index is 593. The van der Waals surface area contributed by atoms with E-state index in [1.807, 2.05) is 12.1 Å². The number of halogens is 2. The van der Waals surface area contributed by atoms with Crippen LogP contribution in [0.3, 0.4) is 0 Å². The van der Waals surface area contributed by atoms with E-state index < -0.39 is 11.6 Å². The maximum atomic E-state index is 13.7. The summed E-state index contributed by atoms with van der Waals surface area (Å²) in [4.78, 5) is 4.62. The van der Waals surface area contributed by atoms with E-state index in [4.69, 9.17) is 4.74 Å². The summed E-state index contributed by atoms with van der Waals surface area (Å²) in [5.41, 5.74) is 0. The van der Waals surface area contributed by atoms with Gasteiger partial charge in [-0.15, -0.1) is 0 Å². The predicted molar refractivity (Wildman–Crippen MR) is 70.8 cm³/mol. The molecule has 2 rings (SSSR count). The van der Waals surface area contributed by atoms with E-state index in [0.29, 0.717) is 10.6 Å². The van der Waals surface area contributed by atoms with E-state index in [2.05, 4.69) is 10.3 Å². The Balaban J connectivity index is 2.38. The third kappa shape index (κ3) is 2.96. The number of nitrogens with zero attached hydrogens (tertiary/aromatic N) is 1. The lowest BCUT2D eigenvalue weighted by molar-refractivity contribution is 0.404. The largest absolute Gasteiger partial charge is 0.496 e. The lowest BCUT2D eigenvalue weighted by atomic mass is 10.3. The summed E-state index contributed by atoms with van der Waals surface area (Å²) >= 11 is 1.09. The molecule has 1 aromatic carbocycles. The number of rotatable bonds is 4. The second-order valence-corrected chi connectivity index (χ2v) is 4.64. The van der Waals surface area contributed by atoms with Gasteiger partial charge in [-0.25, -0.2) is 13.8 Å². The van der Waals surface area contributed by atoms with Gasteiger partial charge >= 0.3 is 0 Å².